The number of nitro groups is 1. The molecule has 0 saturated carbocycles. The van der Waals surface area contributed by atoms with Gasteiger partial charge in [-0.1, -0.05) is 41.4 Å². The SMILES string of the molecule is CC1=NN(c2ccc(Cl)cc2)C(=O)C1C(c1ccccc1[N+](=O)[O-])c1c(C)[nH]n(-c2ccc(Cl)cc2)c1=O. The first-order valence-electron chi connectivity index (χ1n) is 11.6. The third-order valence-electron chi connectivity index (χ3n) is 6.57. The Morgan fingerprint density at radius 3 is 2.11 bits per heavy atom. The van der Waals surface area contributed by atoms with Crippen molar-refractivity contribution in [2.24, 2.45) is 11.0 Å². The van der Waals surface area contributed by atoms with E-state index in [1.807, 2.05) is 0 Å². The highest BCUT2D eigenvalue weighted by molar-refractivity contribution is 6.31. The smallest absolute Gasteiger partial charge is 0.275 e. The number of benzene rings is 3. The van der Waals surface area contributed by atoms with Crippen LogP contribution in [0, 0.1) is 23.0 Å². The van der Waals surface area contributed by atoms with E-state index in [1.165, 1.54) is 15.8 Å². The zero-order chi connectivity index (χ0) is 27.1. The zero-order valence-electron chi connectivity index (χ0n) is 20.3. The summed E-state index contributed by atoms with van der Waals surface area (Å²) < 4.78 is 1.34. The van der Waals surface area contributed by atoms with Crippen LogP contribution in [0.1, 0.15) is 29.7 Å². The van der Waals surface area contributed by atoms with Crippen LogP contribution in [0.25, 0.3) is 5.69 Å². The number of halogens is 2. The van der Waals surface area contributed by atoms with Gasteiger partial charge in [0.25, 0.3) is 17.2 Å². The topological polar surface area (TPSA) is 114 Å². The van der Waals surface area contributed by atoms with Crippen LogP contribution >= 0.6 is 23.2 Å². The molecule has 0 fully saturated rings. The fourth-order valence-corrected chi connectivity index (χ4v) is 5.10. The summed E-state index contributed by atoms with van der Waals surface area (Å²) in [7, 11) is 0. The van der Waals surface area contributed by atoms with E-state index in [1.54, 1.807) is 80.6 Å². The number of carbonyl (C=O) groups is 1. The standard InChI is InChI=1S/C27H21Cl2N5O4/c1-15-23(26(35)32(30-15)19-11-7-17(28)8-12-19)25(21-5-3-4-6-22(21)34(37)38)24-16(2)31-33(27(24)36)20-13-9-18(29)10-14-20/h3-14,23,25,31H,1-2H3. The van der Waals surface area contributed by atoms with Crippen LogP contribution < -0.4 is 10.6 Å². The molecular weight excluding hydrogens is 529 g/mol. The lowest BCUT2D eigenvalue weighted by Crippen LogP contribution is -2.34. The van der Waals surface area contributed by atoms with Crippen LogP contribution in [-0.2, 0) is 4.79 Å². The molecule has 1 aliphatic heterocycles. The van der Waals surface area contributed by atoms with Crippen molar-refractivity contribution < 1.29 is 9.72 Å². The molecule has 4 aromatic rings. The van der Waals surface area contributed by atoms with E-state index in [2.05, 4.69) is 10.2 Å². The van der Waals surface area contributed by atoms with Crippen molar-refractivity contribution in [3.63, 3.8) is 0 Å². The highest BCUT2D eigenvalue weighted by Crippen LogP contribution is 2.41. The fourth-order valence-electron chi connectivity index (χ4n) is 4.85. The van der Waals surface area contributed by atoms with Crippen LogP contribution in [0.3, 0.4) is 0 Å². The van der Waals surface area contributed by atoms with Crippen molar-refractivity contribution in [2.45, 2.75) is 19.8 Å². The van der Waals surface area contributed by atoms with Gasteiger partial charge in [-0.3, -0.25) is 24.8 Å². The summed E-state index contributed by atoms with van der Waals surface area (Å²) in [5.74, 6) is -2.36. The summed E-state index contributed by atoms with van der Waals surface area (Å²) in [4.78, 5) is 39.3. The molecule has 0 aliphatic carbocycles. The maximum absolute atomic E-state index is 13.9. The van der Waals surface area contributed by atoms with Gasteiger partial charge >= 0.3 is 0 Å². The molecule has 11 heteroatoms. The average molecular weight is 550 g/mol. The Bertz CT molecular complexity index is 1640. The number of hydrogen-bond acceptors (Lipinski definition) is 5. The van der Waals surface area contributed by atoms with E-state index >= 15 is 0 Å². The highest BCUT2D eigenvalue weighted by atomic mass is 35.5. The van der Waals surface area contributed by atoms with Crippen LogP contribution in [0.2, 0.25) is 10.0 Å². The molecule has 3 aromatic carbocycles. The van der Waals surface area contributed by atoms with Gasteiger partial charge in [-0.2, -0.15) is 5.10 Å². The van der Waals surface area contributed by atoms with Crippen molar-refractivity contribution >= 4 is 46.2 Å². The molecule has 192 valence electrons. The molecule has 38 heavy (non-hydrogen) atoms. The van der Waals surface area contributed by atoms with Gasteiger partial charge in [-0.25, -0.2) is 9.69 Å². The van der Waals surface area contributed by atoms with E-state index in [9.17, 15) is 19.7 Å². The molecule has 1 aromatic heterocycles. The number of hydrazone groups is 1. The van der Waals surface area contributed by atoms with Gasteiger partial charge in [0.1, 0.15) is 0 Å². The summed E-state index contributed by atoms with van der Waals surface area (Å²) in [6.45, 7) is 3.38. The van der Waals surface area contributed by atoms with Crippen molar-refractivity contribution in [1.29, 1.82) is 0 Å². The average Bonchev–Trinajstić information content (AvgIpc) is 3.36. The molecular formula is C27H21Cl2N5O4. The Morgan fingerprint density at radius 2 is 1.50 bits per heavy atom. The van der Waals surface area contributed by atoms with Crippen molar-refractivity contribution in [3.05, 3.63) is 120 Å². The number of hydrogen-bond donors (Lipinski definition) is 1. The minimum atomic E-state index is -0.984. The lowest BCUT2D eigenvalue weighted by atomic mass is 9.77. The lowest BCUT2D eigenvalue weighted by Gasteiger charge is -2.23. The summed E-state index contributed by atoms with van der Waals surface area (Å²) in [5.41, 5.74) is 1.77. The van der Waals surface area contributed by atoms with Gasteiger partial charge in [0.2, 0.25) is 0 Å². The van der Waals surface area contributed by atoms with E-state index in [-0.39, 0.29) is 16.8 Å². The third-order valence-corrected chi connectivity index (χ3v) is 7.07. The Labute approximate surface area is 227 Å². The van der Waals surface area contributed by atoms with Crippen LogP contribution in [0.15, 0.2) is 82.7 Å². The second kappa shape index (κ2) is 9.92. The molecule has 0 bridgehead atoms. The molecule has 2 unspecified atom stereocenters. The number of para-hydroxylation sites is 1. The summed E-state index contributed by atoms with van der Waals surface area (Å²) in [6, 6.07) is 19.4. The largest absolute Gasteiger partial charge is 0.295 e. The van der Waals surface area contributed by atoms with E-state index in [0.29, 0.717) is 32.8 Å². The van der Waals surface area contributed by atoms with Crippen molar-refractivity contribution in [1.82, 2.24) is 9.78 Å². The Hall–Kier alpha value is -4.21. The van der Waals surface area contributed by atoms with Crippen molar-refractivity contribution in [3.8, 4) is 5.69 Å². The van der Waals surface area contributed by atoms with Crippen LogP contribution in [0.5, 0.6) is 0 Å². The number of aryl methyl sites for hydroxylation is 1. The fraction of sp³-hybridized carbons (Fsp3) is 0.148. The molecule has 1 N–H and O–H groups in total. The van der Waals surface area contributed by atoms with Gasteiger partial charge in [0.05, 0.1) is 22.2 Å². The molecule has 2 heterocycles. The van der Waals surface area contributed by atoms with Crippen LogP contribution in [-0.4, -0.2) is 26.3 Å². The predicted octanol–water partition coefficient (Wildman–Crippen LogP) is 5.86. The number of anilines is 1. The molecule has 5 rings (SSSR count). The third kappa shape index (κ3) is 4.40. The maximum Gasteiger partial charge on any atom is 0.275 e. The Morgan fingerprint density at radius 1 is 0.921 bits per heavy atom. The second-order valence-electron chi connectivity index (χ2n) is 8.91. The molecule has 0 radical (unpaired) electrons. The number of H-pyrrole nitrogens is 1. The van der Waals surface area contributed by atoms with Gasteiger partial charge in [-0.15, -0.1) is 0 Å². The van der Waals surface area contributed by atoms with Gasteiger partial charge in [0, 0.05) is 44.6 Å². The quantitative estimate of drug-likeness (QED) is 0.239. The number of nitrogens with one attached hydrogen (secondary N) is 1. The molecule has 9 nitrogen and oxygen atoms in total. The summed E-state index contributed by atoms with van der Waals surface area (Å²) in [6.07, 6.45) is 0. The molecule has 0 saturated heterocycles. The monoisotopic (exact) mass is 549 g/mol. The highest BCUT2D eigenvalue weighted by Gasteiger charge is 2.45. The zero-order valence-corrected chi connectivity index (χ0v) is 21.8. The minimum absolute atomic E-state index is 0.193. The lowest BCUT2D eigenvalue weighted by molar-refractivity contribution is -0.385. The first kappa shape index (κ1) is 25.4. The number of nitro benzene ring substituents is 1. The first-order chi connectivity index (χ1) is 18.2. The van der Waals surface area contributed by atoms with Gasteiger partial charge in [0.15, 0.2) is 0 Å². The molecule has 1 aliphatic rings. The number of carbonyl (C=O) groups excluding carboxylic acids is 1. The second-order valence-corrected chi connectivity index (χ2v) is 9.78. The Balaban J connectivity index is 1.70. The number of nitrogens with zero attached hydrogens (tertiary/aromatic N) is 4. The van der Waals surface area contributed by atoms with E-state index in [4.69, 9.17) is 23.2 Å². The number of amides is 1. The van der Waals surface area contributed by atoms with Crippen LogP contribution in [0.4, 0.5) is 11.4 Å². The molecule has 0 spiro atoms. The number of rotatable bonds is 6. The minimum Gasteiger partial charge on any atom is -0.295 e. The van der Waals surface area contributed by atoms with Gasteiger partial charge < -0.3 is 0 Å². The van der Waals surface area contributed by atoms with E-state index < -0.39 is 28.2 Å². The van der Waals surface area contributed by atoms with Gasteiger partial charge in [-0.05, 0) is 62.4 Å². The molecule has 1 amide bonds. The normalized spacial score (nSPS) is 16.0. The summed E-state index contributed by atoms with van der Waals surface area (Å²) >= 11 is 12.0. The first-order valence-corrected chi connectivity index (χ1v) is 12.4. The summed E-state index contributed by atoms with van der Waals surface area (Å²) in [5, 5.41) is 21.8. The Kier molecular flexibility index (Phi) is 6.64. The van der Waals surface area contributed by atoms with Crippen molar-refractivity contribution in [2.75, 3.05) is 5.01 Å². The number of aromatic nitrogens is 2. The maximum atomic E-state index is 13.9. The van der Waals surface area contributed by atoms with E-state index in [0.717, 1.165) is 0 Å². The predicted molar refractivity (Wildman–Crippen MR) is 147 cm³/mol. The number of aromatic amines is 1. The molecule has 2 atom stereocenters.